The molecule has 0 spiro atoms. The summed E-state index contributed by atoms with van der Waals surface area (Å²) in [4.78, 5) is 61.0. The molecule has 6 N–H and O–H groups in total. The maximum absolute atomic E-state index is 12.9. The van der Waals surface area contributed by atoms with Gasteiger partial charge >= 0.3 is 12.1 Å². The Morgan fingerprint density at radius 2 is 1.57 bits per heavy atom. The van der Waals surface area contributed by atoms with Crippen molar-refractivity contribution in [2.45, 2.75) is 139 Å². The van der Waals surface area contributed by atoms with Gasteiger partial charge in [0.05, 0.1) is 12.1 Å². The van der Waals surface area contributed by atoms with Crippen LogP contribution in [0.3, 0.4) is 0 Å². The van der Waals surface area contributed by atoms with Crippen molar-refractivity contribution in [3.05, 3.63) is 0 Å². The van der Waals surface area contributed by atoms with E-state index in [-0.39, 0.29) is 35.8 Å². The minimum absolute atomic E-state index is 0.0497. The number of ether oxygens (including phenoxy) is 1. The van der Waals surface area contributed by atoms with Crippen LogP contribution in [0.2, 0.25) is 0 Å². The van der Waals surface area contributed by atoms with Gasteiger partial charge in [-0.3, -0.25) is 14.4 Å². The lowest BCUT2D eigenvalue weighted by Gasteiger charge is -2.23. The first-order valence-electron chi connectivity index (χ1n) is 16.8. The van der Waals surface area contributed by atoms with Gasteiger partial charge in [0.1, 0.15) is 11.6 Å². The van der Waals surface area contributed by atoms with E-state index in [1.54, 1.807) is 20.8 Å². The van der Waals surface area contributed by atoms with E-state index in [9.17, 15) is 24.0 Å². The van der Waals surface area contributed by atoms with E-state index in [0.29, 0.717) is 63.4 Å². The monoisotopic (exact) mass is 666 g/mol. The third-order valence-corrected chi connectivity index (χ3v) is 9.58. The molecule has 0 aromatic heterocycles. The number of carbonyl (C=O) groups is 5. The summed E-state index contributed by atoms with van der Waals surface area (Å²) in [5.74, 6) is 0.674. The van der Waals surface area contributed by atoms with Gasteiger partial charge in [-0.2, -0.15) is 22.0 Å². The van der Waals surface area contributed by atoms with E-state index in [0.717, 1.165) is 44.3 Å². The highest BCUT2D eigenvalue weighted by Crippen LogP contribution is 2.33. The Morgan fingerprint density at radius 1 is 0.913 bits per heavy atom. The van der Waals surface area contributed by atoms with Gasteiger partial charge in [-0.15, -0.1) is 0 Å². The van der Waals surface area contributed by atoms with E-state index in [2.05, 4.69) is 42.1 Å². The second kappa shape index (κ2) is 18.3. The summed E-state index contributed by atoms with van der Waals surface area (Å²) in [6, 6.07) is -0.388. The van der Waals surface area contributed by atoms with Crippen LogP contribution >= 0.6 is 11.8 Å². The summed E-state index contributed by atoms with van der Waals surface area (Å²) in [6.45, 7) is 8.72. The van der Waals surface area contributed by atoms with E-state index < -0.39 is 23.4 Å². The lowest BCUT2D eigenvalue weighted by Crippen LogP contribution is -2.48. The van der Waals surface area contributed by atoms with E-state index in [4.69, 9.17) is 4.74 Å². The Morgan fingerprint density at radius 3 is 2.24 bits per heavy atom. The number of carbonyl (C=O) groups excluding carboxylic acids is 5. The lowest BCUT2D eigenvalue weighted by molar-refractivity contribution is -0.123. The van der Waals surface area contributed by atoms with Crippen molar-refractivity contribution < 1.29 is 28.7 Å². The molecule has 6 amide bonds. The van der Waals surface area contributed by atoms with Crippen molar-refractivity contribution >= 4 is 41.6 Å². The number of nitrogens with zero attached hydrogens (tertiary/aromatic N) is 2. The van der Waals surface area contributed by atoms with Crippen molar-refractivity contribution in [3.8, 4) is 0 Å². The summed E-state index contributed by atoms with van der Waals surface area (Å²) < 4.78 is 5.34. The van der Waals surface area contributed by atoms with Gasteiger partial charge in [0.15, 0.2) is 5.66 Å². The van der Waals surface area contributed by atoms with Crippen LogP contribution in [0, 0.1) is 0 Å². The summed E-state index contributed by atoms with van der Waals surface area (Å²) in [6.07, 6.45) is 7.70. The number of nitrogens with one attached hydrogen (secondary N) is 6. The molecule has 4 unspecified atom stereocenters. The van der Waals surface area contributed by atoms with Crippen LogP contribution in [0.1, 0.15) is 105 Å². The number of unbranched alkanes of at least 4 members (excludes halogenated alkanes) is 4. The quantitative estimate of drug-likeness (QED) is 0.0800. The number of amides is 6. The first-order valence-corrected chi connectivity index (χ1v) is 17.8. The molecule has 0 saturated carbocycles. The molecule has 0 aromatic rings. The van der Waals surface area contributed by atoms with Gasteiger partial charge in [-0.25, -0.2) is 9.59 Å². The fraction of sp³-hybridized carbons (Fsp3) is 0.839. The Bertz CT molecular complexity index is 1080. The van der Waals surface area contributed by atoms with E-state index in [1.165, 1.54) is 0 Å². The minimum atomic E-state index is -0.745. The van der Waals surface area contributed by atoms with Gasteiger partial charge in [0, 0.05) is 49.9 Å². The van der Waals surface area contributed by atoms with Crippen molar-refractivity contribution in [2.24, 2.45) is 10.2 Å². The highest BCUT2D eigenvalue weighted by Gasteiger charge is 2.42. The van der Waals surface area contributed by atoms with Gasteiger partial charge in [0.25, 0.3) is 0 Å². The molecule has 4 atom stereocenters. The van der Waals surface area contributed by atoms with Crippen molar-refractivity contribution in [2.75, 3.05) is 25.4 Å². The third kappa shape index (κ3) is 14.5. The first-order chi connectivity index (χ1) is 21.8. The summed E-state index contributed by atoms with van der Waals surface area (Å²) in [5.41, 5.74) is -1.08. The average Bonchev–Trinajstić information content (AvgIpc) is 3.43. The highest BCUT2D eigenvalue weighted by atomic mass is 32.2. The van der Waals surface area contributed by atoms with Gasteiger partial charge in [0.2, 0.25) is 17.7 Å². The molecule has 0 aliphatic carbocycles. The topological polar surface area (TPSA) is 191 Å². The number of hydrogen-bond acceptors (Lipinski definition) is 9. The molecular formula is C31H54N8O6S. The maximum atomic E-state index is 12.9. The predicted molar refractivity (Wildman–Crippen MR) is 176 cm³/mol. The number of thioether (sulfide) groups is 1. The summed E-state index contributed by atoms with van der Waals surface area (Å²) in [5, 5.41) is 25.6. The standard InChI is InChI=1S/C31H54N8O6S/c1-30(2,3)45-29(44)36-21(12-8-11-18-33-25(41)15-16-31(4)38-39-31)27(42)34-19-10-5-9-17-32-24(40)14-7-6-13-23-26-22(20-46-23)35-28(43)37-26/h21-23,26H,5-20H2,1-4H3,(H,32,40)(H,33,41)(H,34,42)(H,36,44)(H2,35,37,43). The van der Waals surface area contributed by atoms with Crippen LogP contribution in [0.4, 0.5) is 9.59 Å². The minimum Gasteiger partial charge on any atom is -0.444 e. The number of alkyl carbamates (subject to hydrolysis) is 1. The molecular weight excluding hydrogens is 612 g/mol. The number of rotatable bonds is 21. The molecule has 3 rings (SSSR count). The van der Waals surface area contributed by atoms with E-state index >= 15 is 0 Å². The van der Waals surface area contributed by atoms with Crippen molar-refractivity contribution in [1.29, 1.82) is 0 Å². The smallest absolute Gasteiger partial charge is 0.408 e. The van der Waals surface area contributed by atoms with Gasteiger partial charge in [-0.05, 0) is 79.1 Å². The molecule has 3 heterocycles. The first kappa shape index (κ1) is 37.4. The van der Waals surface area contributed by atoms with Gasteiger partial charge < -0.3 is 36.6 Å². The average molecular weight is 667 g/mol. The molecule has 0 bridgehead atoms. The molecule has 46 heavy (non-hydrogen) atoms. The molecule has 2 saturated heterocycles. The zero-order chi connectivity index (χ0) is 33.6. The predicted octanol–water partition coefficient (Wildman–Crippen LogP) is 3.26. The summed E-state index contributed by atoms with van der Waals surface area (Å²) in [7, 11) is 0. The molecule has 0 radical (unpaired) electrons. The molecule has 3 aliphatic heterocycles. The van der Waals surface area contributed by atoms with Gasteiger partial charge in [-0.1, -0.05) is 6.42 Å². The van der Waals surface area contributed by atoms with Crippen LogP contribution < -0.4 is 31.9 Å². The molecule has 3 aliphatic rings. The molecule has 15 heteroatoms. The van der Waals surface area contributed by atoms with Crippen LogP contribution in [0.5, 0.6) is 0 Å². The molecule has 260 valence electrons. The number of fused-ring (bicyclic) bond motifs is 1. The van der Waals surface area contributed by atoms with Crippen molar-refractivity contribution in [3.63, 3.8) is 0 Å². The Hall–Kier alpha value is -3.10. The van der Waals surface area contributed by atoms with Crippen LogP contribution in [0.15, 0.2) is 10.2 Å². The largest absolute Gasteiger partial charge is 0.444 e. The summed E-state index contributed by atoms with van der Waals surface area (Å²) >= 11 is 1.89. The lowest BCUT2D eigenvalue weighted by atomic mass is 10.0. The molecule has 2 fully saturated rings. The number of urea groups is 1. The third-order valence-electron chi connectivity index (χ3n) is 8.07. The normalized spacial score (nSPS) is 21.4. The fourth-order valence-electron chi connectivity index (χ4n) is 5.40. The Kier molecular flexibility index (Phi) is 14.9. The second-order valence-corrected chi connectivity index (χ2v) is 14.8. The zero-order valence-corrected chi connectivity index (χ0v) is 28.7. The van der Waals surface area contributed by atoms with Crippen LogP contribution in [-0.2, 0) is 19.1 Å². The SMILES string of the molecule is CC1(CCC(=O)NCCCCC(NC(=O)OC(C)(C)C)C(=O)NCCCCCNC(=O)CCCCC2SCC3NC(=O)NC32)N=N1. The maximum Gasteiger partial charge on any atom is 0.408 e. The molecule has 0 aromatic carbocycles. The second-order valence-electron chi connectivity index (χ2n) is 13.5. The van der Waals surface area contributed by atoms with Crippen LogP contribution in [-0.4, -0.2) is 89.9 Å². The highest BCUT2D eigenvalue weighted by molar-refractivity contribution is 8.00. The Labute approximate surface area is 276 Å². The Balaban J connectivity index is 1.22. The number of hydrogen-bond donors (Lipinski definition) is 6. The van der Waals surface area contributed by atoms with E-state index in [1.807, 2.05) is 18.7 Å². The van der Waals surface area contributed by atoms with Crippen LogP contribution in [0.25, 0.3) is 0 Å². The van der Waals surface area contributed by atoms with Crippen molar-refractivity contribution in [1.82, 2.24) is 31.9 Å². The molecule has 14 nitrogen and oxygen atoms in total. The fourth-order valence-corrected chi connectivity index (χ4v) is 6.94. The zero-order valence-electron chi connectivity index (χ0n) is 27.9.